The first-order valence-corrected chi connectivity index (χ1v) is 6.23. The molecule has 0 aliphatic carbocycles. The SMILES string of the molecule is CCCC(CC(=O)O)NC(=O)Nc1ccc(C)nc1. The number of aromatic nitrogens is 1. The molecule has 0 aromatic carbocycles. The third-order valence-corrected chi connectivity index (χ3v) is 2.56. The molecule has 0 aliphatic rings. The highest BCUT2D eigenvalue weighted by Gasteiger charge is 2.15. The Kier molecular flexibility index (Phi) is 5.78. The Morgan fingerprint density at radius 3 is 2.68 bits per heavy atom. The van der Waals surface area contributed by atoms with Gasteiger partial charge in [-0.3, -0.25) is 9.78 Å². The van der Waals surface area contributed by atoms with Crippen molar-refractivity contribution in [2.45, 2.75) is 39.2 Å². The molecule has 0 radical (unpaired) electrons. The fourth-order valence-corrected chi connectivity index (χ4v) is 1.68. The Morgan fingerprint density at radius 1 is 1.42 bits per heavy atom. The van der Waals surface area contributed by atoms with Crippen molar-refractivity contribution < 1.29 is 14.7 Å². The minimum absolute atomic E-state index is 0.0760. The number of anilines is 1. The summed E-state index contributed by atoms with van der Waals surface area (Å²) in [6.45, 7) is 3.80. The number of urea groups is 1. The van der Waals surface area contributed by atoms with Crippen LogP contribution in [0.5, 0.6) is 0 Å². The highest BCUT2D eigenvalue weighted by Crippen LogP contribution is 2.06. The zero-order chi connectivity index (χ0) is 14.3. The smallest absolute Gasteiger partial charge is 0.319 e. The predicted octanol–water partition coefficient (Wildman–Crippen LogP) is 2.15. The lowest BCUT2D eigenvalue weighted by atomic mass is 10.1. The molecule has 0 saturated heterocycles. The molecule has 6 nitrogen and oxygen atoms in total. The van der Waals surface area contributed by atoms with Crippen molar-refractivity contribution >= 4 is 17.7 Å². The molecule has 0 spiro atoms. The molecule has 0 fully saturated rings. The van der Waals surface area contributed by atoms with Gasteiger partial charge in [0.2, 0.25) is 0 Å². The molecule has 0 aliphatic heterocycles. The first kappa shape index (κ1) is 14.9. The normalized spacial score (nSPS) is 11.7. The maximum absolute atomic E-state index is 11.7. The van der Waals surface area contributed by atoms with Crippen LogP contribution in [-0.4, -0.2) is 28.1 Å². The van der Waals surface area contributed by atoms with Crippen LogP contribution in [0.1, 0.15) is 31.9 Å². The van der Waals surface area contributed by atoms with Crippen LogP contribution in [0.25, 0.3) is 0 Å². The summed E-state index contributed by atoms with van der Waals surface area (Å²) in [5, 5.41) is 14.0. The lowest BCUT2D eigenvalue weighted by Gasteiger charge is -2.16. The van der Waals surface area contributed by atoms with Crippen LogP contribution in [0.3, 0.4) is 0 Å². The van der Waals surface area contributed by atoms with Gasteiger partial charge < -0.3 is 15.7 Å². The van der Waals surface area contributed by atoms with Gasteiger partial charge in [0.1, 0.15) is 0 Å². The van der Waals surface area contributed by atoms with Gasteiger partial charge in [0, 0.05) is 11.7 Å². The lowest BCUT2D eigenvalue weighted by molar-refractivity contribution is -0.137. The number of rotatable bonds is 6. The summed E-state index contributed by atoms with van der Waals surface area (Å²) in [6, 6.07) is 2.76. The number of aryl methyl sites for hydroxylation is 1. The van der Waals surface area contributed by atoms with Gasteiger partial charge in [-0.05, 0) is 25.5 Å². The van der Waals surface area contributed by atoms with Crippen LogP contribution in [0, 0.1) is 6.92 Å². The average Bonchev–Trinajstić information content (AvgIpc) is 2.31. The number of pyridine rings is 1. The molecule has 1 aromatic rings. The van der Waals surface area contributed by atoms with Gasteiger partial charge in [-0.2, -0.15) is 0 Å². The second-order valence-electron chi connectivity index (χ2n) is 4.37. The third-order valence-electron chi connectivity index (χ3n) is 2.56. The standard InChI is InChI=1S/C13H19N3O3/c1-3-4-10(7-12(17)18)15-13(19)16-11-6-5-9(2)14-8-11/h5-6,8,10H,3-4,7H2,1-2H3,(H,17,18)(H2,15,16,19). The van der Waals surface area contributed by atoms with E-state index in [0.29, 0.717) is 12.1 Å². The summed E-state index contributed by atoms with van der Waals surface area (Å²) >= 11 is 0. The molecule has 0 bridgehead atoms. The van der Waals surface area contributed by atoms with E-state index in [9.17, 15) is 9.59 Å². The topological polar surface area (TPSA) is 91.3 Å². The summed E-state index contributed by atoms with van der Waals surface area (Å²) in [7, 11) is 0. The predicted molar refractivity (Wildman–Crippen MR) is 72.1 cm³/mol. The number of amides is 2. The van der Waals surface area contributed by atoms with Gasteiger partial charge >= 0.3 is 12.0 Å². The van der Waals surface area contributed by atoms with Crippen LogP contribution in [0.15, 0.2) is 18.3 Å². The van der Waals surface area contributed by atoms with Crippen LogP contribution in [-0.2, 0) is 4.79 Å². The molecule has 1 aromatic heterocycles. The van der Waals surface area contributed by atoms with Crippen molar-refractivity contribution in [3.8, 4) is 0 Å². The first-order valence-electron chi connectivity index (χ1n) is 6.23. The summed E-state index contributed by atoms with van der Waals surface area (Å²) in [5.41, 5.74) is 1.44. The quantitative estimate of drug-likeness (QED) is 0.735. The van der Waals surface area contributed by atoms with E-state index in [2.05, 4.69) is 15.6 Å². The van der Waals surface area contributed by atoms with E-state index < -0.39 is 12.0 Å². The third kappa shape index (κ3) is 5.85. The van der Waals surface area contributed by atoms with Gasteiger partial charge in [0.25, 0.3) is 0 Å². The number of nitrogens with zero attached hydrogens (tertiary/aromatic N) is 1. The molecule has 0 saturated carbocycles. The maximum atomic E-state index is 11.7. The Balaban J connectivity index is 2.52. The van der Waals surface area contributed by atoms with Crippen molar-refractivity contribution in [3.05, 3.63) is 24.0 Å². The van der Waals surface area contributed by atoms with Crippen molar-refractivity contribution in [3.63, 3.8) is 0 Å². The van der Waals surface area contributed by atoms with Gasteiger partial charge in [-0.25, -0.2) is 4.79 Å². The molecule has 104 valence electrons. The highest BCUT2D eigenvalue weighted by molar-refractivity contribution is 5.89. The summed E-state index contributed by atoms with van der Waals surface area (Å²) in [4.78, 5) is 26.5. The molecule has 6 heteroatoms. The Morgan fingerprint density at radius 2 is 2.16 bits per heavy atom. The van der Waals surface area contributed by atoms with Crippen LogP contribution in [0.4, 0.5) is 10.5 Å². The van der Waals surface area contributed by atoms with Gasteiger partial charge in [-0.15, -0.1) is 0 Å². The molecule has 3 N–H and O–H groups in total. The number of nitrogens with one attached hydrogen (secondary N) is 2. The fourth-order valence-electron chi connectivity index (χ4n) is 1.68. The molecule has 1 rings (SSSR count). The number of carbonyl (C=O) groups excluding carboxylic acids is 1. The van der Waals surface area contributed by atoms with Gasteiger partial charge in [-0.1, -0.05) is 13.3 Å². The van der Waals surface area contributed by atoms with Crippen LogP contribution in [0.2, 0.25) is 0 Å². The maximum Gasteiger partial charge on any atom is 0.319 e. The Bertz CT molecular complexity index is 431. The van der Waals surface area contributed by atoms with Crippen LogP contribution >= 0.6 is 0 Å². The molecule has 19 heavy (non-hydrogen) atoms. The molecular weight excluding hydrogens is 246 g/mol. The van der Waals surface area contributed by atoms with E-state index >= 15 is 0 Å². The largest absolute Gasteiger partial charge is 0.481 e. The molecular formula is C13H19N3O3. The second kappa shape index (κ2) is 7.35. The summed E-state index contributed by atoms with van der Waals surface area (Å²) in [5.74, 6) is -0.921. The van der Waals surface area contributed by atoms with Gasteiger partial charge in [0.15, 0.2) is 0 Å². The van der Waals surface area contributed by atoms with E-state index in [1.807, 2.05) is 13.8 Å². The highest BCUT2D eigenvalue weighted by atomic mass is 16.4. The van der Waals surface area contributed by atoms with Crippen molar-refractivity contribution in [2.24, 2.45) is 0 Å². The van der Waals surface area contributed by atoms with E-state index in [1.165, 1.54) is 0 Å². The monoisotopic (exact) mass is 265 g/mol. The zero-order valence-corrected chi connectivity index (χ0v) is 11.1. The lowest BCUT2D eigenvalue weighted by Crippen LogP contribution is -2.39. The second-order valence-corrected chi connectivity index (χ2v) is 4.37. The summed E-state index contributed by atoms with van der Waals surface area (Å²) < 4.78 is 0. The molecule has 1 atom stereocenters. The number of aliphatic carboxylic acids is 1. The number of hydrogen-bond donors (Lipinski definition) is 3. The van der Waals surface area contributed by atoms with E-state index in [1.54, 1.807) is 18.3 Å². The van der Waals surface area contributed by atoms with Crippen molar-refractivity contribution in [1.29, 1.82) is 0 Å². The molecule has 1 unspecified atom stereocenters. The first-order chi connectivity index (χ1) is 9.01. The number of carboxylic acid groups (broad SMARTS) is 1. The van der Waals surface area contributed by atoms with Crippen molar-refractivity contribution in [1.82, 2.24) is 10.3 Å². The Labute approximate surface area is 112 Å². The minimum Gasteiger partial charge on any atom is -0.481 e. The van der Waals surface area contributed by atoms with Gasteiger partial charge in [0.05, 0.1) is 18.3 Å². The number of carbonyl (C=O) groups is 2. The zero-order valence-electron chi connectivity index (χ0n) is 11.1. The minimum atomic E-state index is -0.921. The van der Waals surface area contributed by atoms with Crippen molar-refractivity contribution in [2.75, 3.05) is 5.32 Å². The van der Waals surface area contributed by atoms with Crippen LogP contribution < -0.4 is 10.6 Å². The van der Waals surface area contributed by atoms with E-state index in [-0.39, 0.29) is 12.5 Å². The molecule has 2 amide bonds. The van der Waals surface area contributed by atoms with E-state index in [0.717, 1.165) is 12.1 Å². The number of hydrogen-bond acceptors (Lipinski definition) is 3. The Hall–Kier alpha value is -2.11. The fraction of sp³-hybridized carbons (Fsp3) is 0.462. The average molecular weight is 265 g/mol. The number of carboxylic acids is 1. The molecule has 1 heterocycles. The summed E-state index contributed by atoms with van der Waals surface area (Å²) in [6.07, 6.45) is 2.92. The van der Waals surface area contributed by atoms with E-state index in [4.69, 9.17) is 5.11 Å².